The van der Waals surface area contributed by atoms with Gasteiger partial charge < -0.3 is 20.1 Å². The summed E-state index contributed by atoms with van der Waals surface area (Å²) in [5, 5.41) is 6.31. The molecule has 1 fully saturated rings. The summed E-state index contributed by atoms with van der Waals surface area (Å²) in [5.41, 5.74) is 1.62. The SMILES string of the molecule is Cc1cc(OC(F)(F)F)ccc1Nc1cc(-c2cccc(OC(F)(F)F)c2)nc(NC2CCCC2)n1. The number of hydrogen-bond acceptors (Lipinski definition) is 6. The summed E-state index contributed by atoms with van der Waals surface area (Å²) in [5.74, 6) is -0.178. The maximum atomic E-state index is 12.7. The van der Waals surface area contributed by atoms with E-state index in [2.05, 4.69) is 30.1 Å². The molecule has 4 rings (SSSR count). The molecule has 0 aliphatic heterocycles. The third kappa shape index (κ3) is 7.15. The van der Waals surface area contributed by atoms with Gasteiger partial charge >= 0.3 is 12.7 Å². The second-order valence-corrected chi connectivity index (χ2v) is 8.31. The Bertz CT molecular complexity index is 1210. The van der Waals surface area contributed by atoms with Crippen LogP contribution in [-0.4, -0.2) is 28.7 Å². The second-order valence-electron chi connectivity index (χ2n) is 8.31. The molecular weight excluding hydrogens is 490 g/mol. The van der Waals surface area contributed by atoms with E-state index in [1.54, 1.807) is 13.0 Å². The first-order valence-electron chi connectivity index (χ1n) is 11.1. The highest BCUT2D eigenvalue weighted by Crippen LogP contribution is 2.32. The molecule has 12 heteroatoms. The minimum absolute atomic E-state index is 0.161. The molecule has 2 aromatic carbocycles. The van der Waals surface area contributed by atoms with Crippen molar-refractivity contribution in [2.24, 2.45) is 0 Å². The van der Waals surface area contributed by atoms with E-state index in [9.17, 15) is 26.3 Å². The Balaban J connectivity index is 1.65. The third-order valence-corrected chi connectivity index (χ3v) is 5.47. The Morgan fingerprint density at radius 1 is 0.833 bits per heavy atom. The molecule has 2 N–H and O–H groups in total. The zero-order valence-corrected chi connectivity index (χ0v) is 19.0. The van der Waals surface area contributed by atoms with Gasteiger partial charge in [-0.15, -0.1) is 26.3 Å². The van der Waals surface area contributed by atoms with Crippen molar-refractivity contribution in [2.45, 2.75) is 51.4 Å². The molecule has 1 aliphatic rings. The number of aromatic nitrogens is 2. The summed E-state index contributed by atoms with van der Waals surface area (Å²) in [6, 6.07) is 10.9. The Hall–Kier alpha value is -3.70. The van der Waals surface area contributed by atoms with E-state index in [1.165, 1.54) is 42.5 Å². The number of nitrogens with zero attached hydrogens (tertiary/aromatic N) is 2. The Labute approximate surface area is 202 Å². The number of hydrogen-bond donors (Lipinski definition) is 2. The van der Waals surface area contributed by atoms with Crippen molar-refractivity contribution in [1.29, 1.82) is 0 Å². The van der Waals surface area contributed by atoms with Crippen molar-refractivity contribution in [3.05, 3.63) is 54.1 Å². The highest BCUT2D eigenvalue weighted by molar-refractivity contribution is 5.69. The van der Waals surface area contributed by atoms with Crippen LogP contribution in [0.4, 0.5) is 43.8 Å². The molecule has 0 bridgehead atoms. The van der Waals surface area contributed by atoms with Gasteiger partial charge in [0.2, 0.25) is 5.95 Å². The summed E-state index contributed by atoms with van der Waals surface area (Å²) in [4.78, 5) is 8.95. The van der Waals surface area contributed by atoms with Crippen LogP contribution >= 0.6 is 0 Å². The lowest BCUT2D eigenvalue weighted by Gasteiger charge is -2.16. The quantitative estimate of drug-likeness (QED) is 0.323. The van der Waals surface area contributed by atoms with E-state index in [0.717, 1.165) is 25.7 Å². The maximum Gasteiger partial charge on any atom is 0.573 e. The number of nitrogens with one attached hydrogen (secondary N) is 2. The van der Waals surface area contributed by atoms with Crippen LogP contribution in [0.2, 0.25) is 0 Å². The fourth-order valence-electron chi connectivity index (χ4n) is 3.94. The minimum Gasteiger partial charge on any atom is -0.406 e. The number of benzene rings is 2. The molecule has 0 unspecified atom stereocenters. The predicted molar refractivity (Wildman–Crippen MR) is 121 cm³/mol. The molecule has 1 heterocycles. The molecule has 0 radical (unpaired) electrons. The first-order chi connectivity index (χ1) is 16.9. The van der Waals surface area contributed by atoms with E-state index >= 15 is 0 Å². The monoisotopic (exact) mass is 512 g/mol. The van der Waals surface area contributed by atoms with Crippen molar-refractivity contribution in [1.82, 2.24) is 9.97 Å². The molecular formula is C24H22F6N4O2. The van der Waals surface area contributed by atoms with Crippen molar-refractivity contribution in [3.8, 4) is 22.8 Å². The van der Waals surface area contributed by atoms with Gasteiger partial charge in [0.1, 0.15) is 17.3 Å². The van der Waals surface area contributed by atoms with E-state index in [-0.39, 0.29) is 17.7 Å². The van der Waals surface area contributed by atoms with Crippen LogP contribution in [-0.2, 0) is 0 Å². The van der Waals surface area contributed by atoms with Gasteiger partial charge in [0.25, 0.3) is 0 Å². The van der Waals surface area contributed by atoms with Crippen LogP contribution in [0.3, 0.4) is 0 Å². The molecule has 192 valence electrons. The molecule has 6 nitrogen and oxygen atoms in total. The van der Waals surface area contributed by atoms with E-state index in [1.807, 2.05) is 0 Å². The molecule has 36 heavy (non-hydrogen) atoms. The molecule has 0 saturated heterocycles. The molecule has 1 saturated carbocycles. The van der Waals surface area contributed by atoms with Gasteiger partial charge in [0.15, 0.2) is 0 Å². The van der Waals surface area contributed by atoms with E-state index in [0.29, 0.717) is 28.3 Å². The van der Waals surface area contributed by atoms with Gasteiger partial charge in [0, 0.05) is 23.4 Å². The fraction of sp³-hybridized carbons (Fsp3) is 0.333. The summed E-state index contributed by atoms with van der Waals surface area (Å²) in [7, 11) is 0. The van der Waals surface area contributed by atoms with Gasteiger partial charge in [0.05, 0.1) is 5.69 Å². The topological polar surface area (TPSA) is 68.3 Å². The summed E-state index contributed by atoms with van der Waals surface area (Å²) in [6.45, 7) is 1.60. The summed E-state index contributed by atoms with van der Waals surface area (Å²) < 4.78 is 83.6. The van der Waals surface area contributed by atoms with Crippen LogP contribution < -0.4 is 20.1 Å². The molecule has 0 amide bonds. The Morgan fingerprint density at radius 2 is 1.50 bits per heavy atom. The number of aryl methyl sites for hydroxylation is 1. The van der Waals surface area contributed by atoms with Crippen LogP contribution in [0.5, 0.6) is 11.5 Å². The van der Waals surface area contributed by atoms with Crippen molar-refractivity contribution >= 4 is 17.5 Å². The Morgan fingerprint density at radius 3 is 2.14 bits per heavy atom. The van der Waals surface area contributed by atoms with Crippen LogP contribution in [0.25, 0.3) is 11.3 Å². The summed E-state index contributed by atoms with van der Waals surface area (Å²) >= 11 is 0. The number of halogens is 6. The first kappa shape index (κ1) is 25.4. The second kappa shape index (κ2) is 10.1. The van der Waals surface area contributed by atoms with Gasteiger partial charge in [-0.3, -0.25) is 0 Å². The minimum atomic E-state index is -4.84. The molecule has 0 atom stereocenters. The Kier molecular flexibility index (Phi) is 7.14. The van der Waals surface area contributed by atoms with Gasteiger partial charge in [-0.1, -0.05) is 25.0 Å². The van der Waals surface area contributed by atoms with Crippen molar-refractivity contribution in [3.63, 3.8) is 0 Å². The van der Waals surface area contributed by atoms with Crippen LogP contribution in [0.1, 0.15) is 31.2 Å². The molecule has 3 aromatic rings. The smallest absolute Gasteiger partial charge is 0.406 e. The van der Waals surface area contributed by atoms with Crippen LogP contribution in [0, 0.1) is 6.92 Å². The van der Waals surface area contributed by atoms with Gasteiger partial charge in [-0.25, -0.2) is 4.98 Å². The standard InChI is InChI=1S/C24H22F6N4O2/c1-14-11-18(36-24(28,29)30)9-10-19(14)32-21-13-20(33-22(34-21)31-16-6-2-3-7-16)15-5-4-8-17(12-15)35-23(25,26)27/h4-5,8-13,16H,2-3,6-7H2,1H3,(H2,31,32,33,34). The summed E-state index contributed by atoms with van der Waals surface area (Å²) in [6.07, 6.45) is -5.66. The molecule has 1 aromatic heterocycles. The average Bonchev–Trinajstić information content (AvgIpc) is 3.26. The number of alkyl halides is 6. The number of rotatable bonds is 7. The van der Waals surface area contributed by atoms with Gasteiger partial charge in [-0.2, -0.15) is 4.98 Å². The number of anilines is 3. The van der Waals surface area contributed by atoms with Gasteiger partial charge in [-0.05, 0) is 55.7 Å². The molecule has 0 spiro atoms. The first-order valence-corrected chi connectivity index (χ1v) is 11.1. The molecule has 1 aliphatic carbocycles. The fourth-order valence-corrected chi connectivity index (χ4v) is 3.94. The van der Waals surface area contributed by atoms with Crippen molar-refractivity contribution < 1.29 is 35.8 Å². The zero-order valence-electron chi connectivity index (χ0n) is 19.0. The third-order valence-electron chi connectivity index (χ3n) is 5.47. The highest BCUT2D eigenvalue weighted by atomic mass is 19.4. The lowest BCUT2D eigenvalue weighted by atomic mass is 10.1. The highest BCUT2D eigenvalue weighted by Gasteiger charge is 2.32. The van der Waals surface area contributed by atoms with E-state index in [4.69, 9.17) is 0 Å². The lowest BCUT2D eigenvalue weighted by Crippen LogP contribution is -2.18. The lowest BCUT2D eigenvalue weighted by molar-refractivity contribution is -0.275. The van der Waals surface area contributed by atoms with Crippen molar-refractivity contribution in [2.75, 3.05) is 10.6 Å². The predicted octanol–water partition coefficient (Wildman–Crippen LogP) is 7.35. The largest absolute Gasteiger partial charge is 0.573 e. The van der Waals surface area contributed by atoms with E-state index < -0.39 is 18.5 Å². The maximum absolute atomic E-state index is 12.7. The van der Waals surface area contributed by atoms with Crippen LogP contribution in [0.15, 0.2) is 48.5 Å². The average molecular weight is 512 g/mol. The number of ether oxygens (including phenoxy) is 2. The normalized spacial score (nSPS) is 14.5. The zero-order chi connectivity index (χ0) is 25.9.